The molecule has 0 spiro atoms. The van der Waals surface area contributed by atoms with Crippen LogP contribution in [0.4, 0.5) is 11.4 Å². The van der Waals surface area contributed by atoms with E-state index in [0.29, 0.717) is 17.3 Å². The Morgan fingerprint density at radius 1 is 1.32 bits per heavy atom. The number of nitro groups is 1. The minimum absolute atomic E-state index is 0.127. The fourth-order valence-corrected chi connectivity index (χ4v) is 2.02. The van der Waals surface area contributed by atoms with Gasteiger partial charge in [-0.1, -0.05) is 23.7 Å². The molecule has 0 aliphatic rings. The summed E-state index contributed by atoms with van der Waals surface area (Å²) in [7, 11) is 0. The number of ether oxygens (including phenoxy) is 1. The summed E-state index contributed by atoms with van der Waals surface area (Å²) in [4.78, 5) is 22.6. The second-order valence-electron chi connectivity index (χ2n) is 4.31. The van der Waals surface area contributed by atoms with Gasteiger partial charge in [0.2, 0.25) is 0 Å². The number of rotatable bonds is 5. The van der Waals surface area contributed by atoms with E-state index in [1.54, 1.807) is 31.2 Å². The van der Waals surface area contributed by atoms with Gasteiger partial charge >= 0.3 is 5.69 Å². The quantitative estimate of drug-likeness (QED) is 0.669. The fraction of sp³-hybridized carbons (Fsp3) is 0.133. The Morgan fingerprint density at radius 2 is 2.05 bits per heavy atom. The van der Waals surface area contributed by atoms with Crippen LogP contribution >= 0.6 is 11.6 Å². The van der Waals surface area contributed by atoms with E-state index in [0.717, 1.165) is 0 Å². The predicted molar refractivity (Wildman–Crippen MR) is 83.7 cm³/mol. The summed E-state index contributed by atoms with van der Waals surface area (Å²) in [5.74, 6) is -0.360. The number of hydrogen-bond acceptors (Lipinski definition) is 4. The molecule has 6 nitrogen and oxygen atoms in total. The van der Waals surface area contributed by atoms with Crippen molar-refractivity contribution in [3.05, 3.63) is 63.2 Å². The molecular weight excluding hydrogens is 308 g/mol. The molecule has 0 saturated heterocycles. The van der Waals surface area contributed by atoms with E-state index in [4.69, 9.17) is 16.3 Å². The third-order valence-corrected chi connectivity index (χ3v) is 3.17. The van der Waals surface area contributed by atoms with Gasteiger partial charge in [-0.3, -0.25) is 14.9 Å². The SMILES string of the molecule is CCOc1ccc(C(=O)Nc2ccccc2Cl)cc1[N+](=O)[O-]. The highest BCUT2D eigenvalue weighted by atomic mass is 35.5. The van der Waals surface area contributed by atoms with Gasteiger partial charge < -0.3 is 10.1 Å². The van der Waals surface area contributed by atoms with Crippen molar-refractivity contribution >= 4 is 28.9 Å². The van der Waals surface area contributed by atoms with Crippen LogP contribution in [0.5, 0.6) is 5.75 Å². The van der Waals surface area contributed by atoms with Crippen LogP contribution in [0.3, 0.4) is 0 Å². The molecule has 0 bridgehead atoms. The number of benzene rings is 2. The molecule has 0 atom stereocenters. The fourth-order valence-electron chi connectivity index (χ4n) is 1.84. The van der Waals surface area contributed by atoms with Crippen LogP contribution < -0.4 is 10.1 Å². The molecule has 7 heteroatoms. The van der Waals surface area contributed by atoms with Crippen LogP contribution in [0.25, 0.3) is 0 Å². The summed E-state index contributed by atoms with van der Waals surface area (Å²) in [6.45, 7) is 2.02. The van der Waals surface area contributed by atoms with Crippen molar-refractivity contribution in [1.29, 1.82) is 0 Å². The van der Waals surface area contributed by atoms with Gasteiger partial charge in [0.05, 0.1) is 22.2 Å². The molecule has 0 saturated carbocycles. The lowest BCUT2D eigenvalue weighted by Crippen LogP contribution is -2.12. The van der Waals surface area contributed by atoms with Crippen molar-refractivity contribution in [2.45, 2.75) is 6.92 Å². The minimum Gasteiger partial charge on any atom is -0.487 e. The molecule has 0 radical (unpaired) electrons. The maximum absolute atomic E-state index is 12.2. The van der Waals surface area contributed by atoms with E-state index in [9.17, 15) is 14.9 Å². The summed E-state index contributed by atoms with van der Waals surface area (Å²) in [5, 5.41) is 14.1. The summed E-state index contributed by atoms with van der Waals surface area (Å²) in [6.07, 6.45) is 0. The van der Waals surface area contributed by atoms with Crippen molar-refractivity contribution in [1.82, 2.24) is 0 Å². The summed E-state index contributed by atoms with van der Waals surface area (Å²) in [5.41, 5.74) is 0.328. The molecule has 0 aliphatic heterocycles. The van der Waals surface area contributed by atoms with Gasteiger partial charge in [0.1, 0.15) is 0 Å². The molecule has 0 heterocycles. The first-order valence-corrected chi connectivity index (χ1v) is 6.88. The molecular formula is C15H13ClN2O4. The highest BCUT2D eigenvalue weighted by molar-refractivity contribution is 6.33. The number of carbonyl (C=O) groups excluding carboxylic acids is 1. The Kier molecular flexibility index (Phi) is 4.95. The van der Waals surface area contributed by atoms with Crippen LogP contribution in [0.15, 0.2) is 42.5 Å². The summed E-state index contributed by atoms with van der Waals surface area (Å²) < 4.78 is 5.18. The second-order valence-corrected chi connectivity index (χ2v) is 4.71. The Morgan fingerprint density at radius 3 is 2.68 bits per heavy atom. The third-order valence-electron chi connectivity index (χ3n) is 2.84. The van der Waals surface area contributed by atoms with Gasteiger partial charge in [0.15, 0.2) is 5.75 Å². The highest BCUT2D eigenvalue weighted by Crippen LogP contribution is 2.29. The second kappa shape index (κ2) is 6.91. The molecule has 1 N–H and O–H groups in total. The first kappa shape index (κ1) is 15.8. The predicted octanol–water partition coefficient (Wildman–Crippen LogP) is 3.90. The average molecular weight is 321 g/mol. The van der Waals surface area contributed by atoms with Crippen LogP contribution in [-0.4, -0.2) is 17.4 Å². The van der Waals surface area contributed by atoms with Crippen LogP contribution in [-0.2, 0) is 0 Å². The number of para-hydroxylation sites is 1. The lowest BCUT2D eigenvalue weighted by atomic mass is 10.1. The number of nitrogens with one attached hydrogen (secondary N) is 1. The van der Waals surface area contributed by atoms with Gasteiger partial charge in [-0.2, -0.15) is 0 Å². The van der Waals surface area contributed by atoms with Crippen molar-refractivity contribution in [2.75, 3.05) is 11.9 Å². The Bertz CT molecular complexity index is 718. The van der Waals surface area contributed by atoms with Gasteiger partial charge in [-0.25, -0.2) is 0 Å². The Balaban J connectivity index is 2.28. The van der Waals surface area contributed by atoms with Crippen LogP contribution in [0.2, 0.25) is 5.02 Å². The normalized spacial score (nSPS) is 10.1. The van der Waals surface area contributed by atoms with Crippen molar-refractivity contribution in [3.8, 4) is 5.75 Å². The smallest absolute Gasteiger partial charge is 0.311 e. The summed E-state index contributed by atoms with van der Waals surface area (Å²) >= 11 is 5.96. The molecule has 2 aromatic carbocycles. The molecule has 1 amide bonds. The number of halogens is 1. The molecule has 22 heavy (non-hydrogen) atoms. The maximum atomic E-state index is 12.2. The zero-order valence-corrected chi connectivity index (χ0v) is 12.5. The molecule has 0 unspecified atom stereocenters. The van der Waals surface area contributed by atoms with Gasteiger partial charge in [-0.15, -0.1) is 0 Å². The first-order valence-electron chi connectivity index (χ1n) is 6.50. The first-order chi connectivity index (χ1) is 10.5. The van der Waals surface area contributed by atoms with Crippen LogP contribution in [0.1, 0.15) is 17.3 Å². The Labute approximate surface area is 131 Å². The summed E-state index contributed by atoms with van der Waals surface area (Å²) in [6, 6.07) is 10.8. The average Bonchev–Trinajstić information content (AvgIpc) is 2.50. The van der Waals surface area contributed by atoms with E-state index in [2.05, 4.69) is 5.32 Å². The molecule has 0 aliphatic carbocycles. The molecule has 0 fully saturated rings. The number of nitrogens with zero attached hydrogens (tertiary/aromatic N) is 1. The van der Waals surface area contributed by atoms with E-state index in [-0.39, 0.29) is 17.0 Å². The highest BCUT2D eigenvalue weighted by Gasteiger charge is 2.19. The molecule has 0 aromatic heterocycles. The molecule has 114 valence electrons. The maximum Gasteiger partial charge on any atom is 0.311 e. The standard InChI is InChI=1S/C15H13ClN2O4/c1-2-22-14-8-7-10(9-13(14)18(20)21)15(19)17-12-6-4-3-5-11(12)16/h3-9H,2H2,1H3,(H,17,19). The number of hydrogen-bond donors (Lipinski definition) is 1. The van der Waals surface area contributed by atoms with E-state index >= 15 is 0 Å². The van der Waals surface area contributed by atoms with Gasteiger partial charge in [-0.05, 0) is 31.2 Å². The molecule has 2 aromatic rings. The van der Waals surface area contributed by atoms with E-state index < -0.39 is 10.8 Å². The topological polar surface area (TPSA) is 81.5 Å². The van der Waals surface area contributed by atoms with E-state index in [1.165, 1.54) is 18.2 Å². The molecule has 2 rings (SSSR count). The van der Waals surface area contributed by atoms with Crippen molar-refractivity contribution in [3.63, 3.8) is 0 Å². The number of carbonyl (C=O) groups is 1. The van der Waals surface area contributed by atoms with Crippen molar-refractivity contribution < 1.29 is 14.5 Å². The van der Waals surface area contributed by atoms with Crippen LogP contribution in [0, 0.1) is 10.1 Å². The monoisotopic (exact) mass is 320 g/mol. The van der Waals surface area contributed by atoms with Gasteiger partial charge in [0, 0.05) is 11.6 Å². The van der Waals surface area contributed by atoms with Gasteiger partial charge in [0.25, 0.3) is 5.91 Å². The zero-order valence-electron chi connectivity index (χ0n) is 11.7. The minimum atomic E-state index is -0.586. The zero-order chi connectivity index (χ0) is 16.1. The largest absolute Gasteiger partial charge is 0.487 e. The third kappa shape index (κ3) is 3.53. The van der Waals surface area contributed by atoms with Crippen molar-refractivity contribution in [2.24, 2.45) is 0 Å². The lowest BCUT2D eigenvalue weighted by molar-refractivity contribution is -0.385. The lowest BCUT2D eigenvalue weighted by Gasteiger charge is -2.08. The number of amides is 1. The number of nitro benzene ring substituents is 1. The Hall–Kier alpha value is -2.60. The number of anilines is 1. The van der Waals surface area contributed by atoms with E-state index in [1.807, 2.05) is 0 Å².